The van der Waals surface area contributed by atoms with E-state index in [4.69, 9.17) is 34.0 Å². The fraction of sp³-hybridized carbons (Fsp3) is 0.583. The van der Waals surface area contributed by atoms with Crippen molar-refractivity contribution in [2.24, 2.45) is 5.41 Å². The topological polar surface area (TPSA) is 199 Å². The van der Waals surface area contributed by atoms with Gasteiger partial charge in [-0.05, 0) is 49.3 Å². The van der Waals surface area contributed by atoms with Crippen LogP contribution in [0.2, 0.25) is 8.67 Å². The Balaban J connectivity index is 0.000000238. The van der Waals surface area contributed by atoms with Crippen LogP contribution >= 0.6 is 45.9 Å². The van der Waals surface area contributed by atoms with E-state index in [9.17, 15) is 31.5 Å². The van der Waals surface area contributed by atoms with E-state index < -0.39 is 50.4 Å². The molecule has 3 atom stereocenters. The van der Waals surface area contributed by atoms with E-state index in [1.165, 1.54) is 28.0 Å². The van der Waals surface area contributed by atoms with E-state index in [0.29, 0.717) is 47.4 Å². The van der Waals surface area contributed by atoms with Crippen molar-refractivity contribution in [2.45, 2.75) is 73.0 Å². The van der Waals surface area contributed by atoms with Crippen LogP contribution in [0.1, 0.15) is 46.5 Å². The van der Waals surface area contributed by atoms with Crippen LogP contribution < -0.4 is 15.2 Å². The van der Waals surface area contributed by atoms with Gasteiger partial charge in [-0.25, -0.2) is 35.9 Å². The van der Waals surface area contributed by atoms with Crippen molar-refractivity contribution >= 4 is 83.8 Å². The molecule has 1 unspecified atom stereocenters. The Labute approximate surface area is 269 Å². The van der Waals surface area contributed by atoms with Crippen molar-refractivity contribution in [1.29, 1.82) is 0 Å². The minimum Gasteiger partial charge on any atom is -0.465 e. The zero-order valence-electron chi connectivity index (χ0n) is 23.6. The number of nitrogen functional groups attached to an aromatic ring is 1. The Morgan fingerprint density at radius 1 is 0.953 bits per heavy atom. The number of rotatable bonds is 6. The fourth-order valence-corrected chi connectivity index (χ4v) is 11.0. The molecular weight excluding hydrogens is 685 g/mol. The molecule has 2 aliphatic heterocycles. The van der Waals surface area contributed by atoms with Crippen molar-refractivity contribution in [3.8, 4) is 0 Å². The number of hydrogen-bond acceptors (Lipinski definition) is 9. The van der Waals surface area contributed by atoms with Gasteiger partial charge >= 0.3 is 12.2 Å². The third-order valence-electron chi connectivity index (χ3n) is 6.84. The number of likely N-dealkylation sites (tertiary alicyclic amines) is 2. The van der Waals surface area contributed by atoms with Gasteiger partial charge in [-0.2, -0.15) is 0 Å². The molecule has 2 aliphatic rings. The monoisotopic (exact) mass is 719 g/mol. The van der Waals surface area contributed by atoms with E-state index in [0.717, 1.165) is 22.7 Å². The molecule has 43 heavy (non-hydrogen) atoms. The number of halogens is 2. The molecule has 0 radical (unpaired) electrons. The maximum absolute atomic E-state index is 12.5. The highest BCUT2D eigenvalue weighted by molar-refractivity contribution is 7.92. The van der Waals surface area contributed by atoms with Gasteiger partial charge in [0.05, 0.1) is 20.4 Å². The zero-order chi connectivity index (χ0) is 32.3. The van der Waals surface area contributed by atoms with Crippen LogP contribution in [-0.4, -0.2) is 86.8 Å². The van der Waals surface area contributed by atoms with Gasteiger partial charge in [0.1, 0.15) is 4.21 Å². The van der Waals surface area contributed by atoms with Crippen LogP contribution in [0.4, 0.5) is 15.3 Å². The molecule has 13 nitrogen and oxygen atoms in total. The standard InChI is InChI=1S/C14H21ClN2O4S2.C10H14ClN3O4S2/c1-14(2,3)12-9(5-4-8-17(12)13(18)19)16-23(20,21)11-7-6-10(15)22-11;11-8-4-7(12)9(19-8)20(17,18)13-6-2-1-3-14(5-6)10(15)16/h6-7,9,12,16H,4-5,8H2,1-3H3,(H,18,19);4,6,13H,1-3,5,12H2,(H,15,16)/t9-,12?;6-/m00/s1. The molecule has 2 saturated heterocycles. The second-order valence-corrected chi connectivity index (χ2v) is 18.4. The van der Waals surface area contributed by atoms with Gasteiger partial charge in [0.2, 0.25) is 10.0 Å². The average Bonchev–Trinajstić information content (AvgIpc) is 3.48. The molecule has 19 heteroatoms. The predicted molar refractivity (Wildman–Crippen MR) is 167 cm³/mol. The summed E-state index contributed by atoms with van der Waals surface area (Å²) in [4.78, 5) is 25.0. The molecule has 2 aromatic rings. The second-order valence-electron chi connectivity index (χ2n) is 11.2. The summed E-state index contributed by atoms with van der Waals surface area (Å²) in [6, 6.07) is 3.02. The summed E-state index contributed by atoms with van der Waals surface area (Å²) < 4.78 is 55.5. The number of piperidine rings is 2. The van der Waals surface area contributed by atoms with Gasteiger partial charge in [0.15, 0.2) is 4.21 Å². The first-order valence-electron chi connectivity index (χ1n) is 13.1. The smallest absolute Gasteiger partial charge is 0.407 e. The normalized spacial score (nSPS) is 21.7. The first-order valence-corrected chi connectivity index (χ1v) is 18.5. The summed E-state index contributed by atoms with van der Waals surface area (Å²) in [6.07, 6.45) is 0.351. The molecule has 0 aromatic carbocycles. The van der Waals surface area contributed by atoms with Gasteiger partial charge < -0.3 is 25.7 Å². The molecule has 4 rings (SSSR count). The van der Waals surface area contributed by atoms with Gasteiger partial charge in [-0.3, -0.25) is 0 Å². The molecule has 4 heterocycles. The van der Waals surface area contributed by atoms with Crippen molar-refractivity contribution in [3.63, 3.8) is 0 Å². The lowest BCUT2D eigenvalue weighted by Gasteiger charge is -2.46. The van der Waals surface area contributed by atoms with Gasteiger partial charge in [-0.1, -0.05) is 44.0 Å². The van der Waals surface area contributed by atoms with Crippen LogP contribution in [0.3, 0.4) is 0 Å². The molecule has 0 bridgehead atoms. The minimum atomic E-state index is -3.78. The van der Waals surface area contributed by atoms with E-state index in [-0.39, 0.29) is 26.1 Å². The van der Waals surface area contributed by atoms with Crippen LogP contribution in [0, 0.1) is 5.41 Å². The third-order valence-corrected chi connectivity index (χ3v) is 13.4. The molecule has 6 N–H and O–H groups in total. The number of carboxylic acid groups (broad SMARTS) is 2. The van der Waals surface area contributed by atoms with Crippen molar-refractivity contribution in [1.82, 2.24) is 19.2 Å². The first-order chi connectivity index (χ1) is 19.8. The number of hydrogen-bond donors (Lipinski definition) is 5. The number of thiophene rings is 2. The number of sulfonamides is 2. The molecule has 0 aliphatic carbocycles. The van der Waals surface area contributed by atoms with Crippen molar-refractivity contribution in [3.05, 3.63) is 26.9 Å². The molecule has 2 amide bonds. The Morgan fingerprint density at radius 3 is 2.12 bits per heavy atom. The summed E-state index contributed by atoms with van der Waals surface area (Å²) in [5.41, 5.74) is 5.32. The number of carbonyl (C=O) groups is 2. The van der Waals surface area contributed by atoms with Crippen LogP contribution in [0.5, 0.6) is 0 Å². The van der Waals surface area contributed by atoms with Crippen molar-refractivity contribution in [2.75, 3.05) is 25.4 Å². The Bertz CT molecular complexity index is 1520. The Kier molecular flexibility index (Phi) is 11.6. The Hall–Kier alpha value is -1.86. The number of nitrogens with two attached hydrogens (primary N) is 1. The summed E-state index contributed by atoms with van der Waals surface area (Å²) in [7, 11) is -7.50. The van der Waals surface area contributed by atoms with E-state index in [1.54, 1.807) is 0 Å². The SMILES string of the molecule is CC(C)(C)C1[C@@H](NS(=O)(=O)c2ccc(Cl)s2)CCCN1C(=O)O.Nc1cc(Cl)sc1S(=O)(=O)N[C@H]1CCCN(C(=O)O)C1. The highest BCUT2D eigenvalue weighted by Crippen LogP contribution is 2.35. The summed E-state index contributed by atoms with van der Waals surface area (Å²) in [5, 5.41) is 18.4. The third kappa shape index (κ3) is 9.32. The van der Waals surface area contributed by atoms with E-state index in [1.807, 2.05) is 20.8 Å². The lowest BCUT2D eigenvalue weighted by molar-refractivity contribution is 0.0434. The largest absolute Gasteiger partial charge is 0.465 e. The predicted octanol–water partition coefficient (Wildman–Crippen LogP) is 4.64. The Morgan fingerprint density at radius 2 is 1.60 bits per heavy atom. The number of nitrogens with zero attached hydrogens (tertiary/aromatic N) is 2. The number of nitrogens with one attached hydrogen (secondary N) is 2. The fourth-order valence-electron chi connectivity index (χ4n) is 5.19. The molecule has 2 fully saturated rings. The first kappa shape index (κ1) is 35.6. The highest BCUT2D eigenvalue weighted by Gasteiger charge is 2.43. The van der Waals surface area contributed by atoms with Gasteiger partial charge in [0.25, 0.3) is 10.0 Å². The lowest BCUT2D eigenvalue weighted by Crippen LogP contribution is -2.61. The van der Waals surface area contributed by atoms with Gasteiger partial charge in [0, 0.05) is 31.7 Å². The summed E-state index contributed by atoms with van der Waals surface area (Å²) in [6.45, 7) is 6.72. The molecule has 0 saturated carbocycles. The average molecular weight is 721 g/mol. The molecule has 2 aromatic heterocycles. The number of anilines is 1. The summed E-state index contributed by atoms with van der Waals surface area (Å²) in [5.74, 6) is 0. The quantitative estimate of drug-likeness (QED) is 0.282. The molecular formula is C24H35Cl2N5O8S4. The second kappa shape index (κ2) is 14.1. The maximum Gasteiger partial charge on any atom is 0.407 e. The minimum absolute atomic E-state index is 0.0325. The highest BCUT2D eigenvalue weighted by atomic mass is 35.5. The molecule has 242 valence electrons. The van der Waals surface area contributed by atoms with Crippen LogP contribution in [0.25, 0.3) is 0 Å². The zero-order valence-corrected chi connectivity index (χ0v) is 28.4. The van der Waals surface area contributed by atoms with Crippen LogP contribution in [0.15, 0.2) is 26.6 Å². The van der Waals surface area contributed by atoms with E-state index in [2.05, 4.69) is 9.44 Å². The maximum atomic E-state index is 12.5. The van der Waals surface area contributed by atoms with Crippen LogP contribution in [-0.2, 0) is 20.0 Å². The van der Waals surface area contributed by atoms with Crippen molar-refractivity contribution < 1.29 is 36.6 Å². The molecule has 0 spiro atoms. The van der Waals surface area contributed by atoms with Gasteiger partial charge in [-0.15, -0.1) is 22.7 Å². The lowest BCUT2D eigenvalue weighted by atomic mass is 9.78. The van der Waals surface area contributed by atoms with E-state index >= 15 is 0 Å². The number of amides is 2. The summed E-state index contributed by atoms with van der Waals surface area (Å²) >= 11 is 13.4.